The number of benzene rings is 2. The number of nitrogens with zero attached hydrogens (tertiary/aromatic N) is 2. The van der Waals surface area contributed by atoms with Crippen LogP contribution in [0.4, 0.5) is 5.69 Å². The summed E-state index contributed by atoms with van der Waals surface area (Å²) in [5, 5.41) is 3.83. The van der Waals surface area contributed by atoms with E-state index >= 15 is 0 Å². The molecule has 2 aromatic carbocycles. The molecule has 0 bridgehead atoms. The fourth-order valence-electron chi connectivity index (χ4n) is 1.98. The average molecular weight is 406 g/mol. The predicted octanol–water partition coefficient (Wildman–Crippen LogP) is 4.15. The lowest BCUT2D eigenvalue weighted by molar-refractivity contribution is -0.120. The molecular formula is C18H20BrN3OS. The van der Waals surface area contributed by atoms with Gasteiger partial charge in [-0.15, -0.1) is 11.8 Å². The first-order valence-corrected chi connectivity index (χ1v) is 9.16. The molecule has 0 fully saturated rings. The SMILES string of the molecule is C[C@@H](Sc1ccccc1)C(=O)N/N=C\c1ccc(N(C)C)c(Br)c1. The van der Waals surface area contributed by atoms with Crippen molar-refractivity contribution in [3.8, 4) is 0 Å². The number of nitrogens with one attached hydrogen (secondary N) is 1. The van der Waals surface area contributed by atoms with Gasteiger partial charge in [0.15, 0.2) is 0 Å². The van der Waals surface area contributed by atoms with Gasteiger partial charge in [0, 0.05) is 23.5 Å². The molecule has 0 aromatic heterocycles. The topological polar surface area (TPSA) is 44.7 Å². The van der Waals surface area contributed by atoms with Crippen molar-refractivity contribution in [2.24, 2.45) is 5.10 Å². The molecular weight excluding hydrogens is 386 g/mol. The van der Waals surface area contributed by atoms with Crippen molar-refractivity contribution < 1.29 is 4.79 Å². The van der Waals surface area contributed by atoms with Crippen molar-refractivity contribution in [3.63, 3.8) is 0 Å². The number of hydrazone groups is 1. The highest BCUT2D eigenvalue weighted by molar-refractivity contribution is 9.10. The molecule has 2 rings (SSSR count). The number of thioether (sulfide) groups is 1. The maximum absolute atomic E-state index is 12.1. The van der Waals surface area contributed by atoms with Crippen LogP contribution in [0.3, 0.4) is 0 Å². The highest BCUT2D eigenvalue weighted by Gasteiger charge is 2.13. The second-order valence-electron chi connectivity index (χ2n) is 5.41. The third kappa shape index (κ3) is 5.39. The Morgan fingerprint density at radius 3 is 2.58 bits per heavy atom. The Morgan fingerprint density at radius 1 is 1.25 bits per heavy atom. The molecule has 0 aliphatic rings. The van der Waals surface area contributed by atoms with Gasteiger partial charge in [0.25, 0.3) is 5.91 Å². The lowest BCUT2D eigenvalue weighted by Crippen LogP contribution is -2.26. The third-order valence-corrected chi connectivity index (χ3v) is 5.01. The highest BCUT2D eigenvalue weighted by atomic mass is 79.9. The lowest BCUT2D eigenvalue weighted by Gasteiger charge is -2.14. The van der Waals surface area contributed by atoms with E-state index < -0.39 is 0 Å². The van der Waals surface area contributed by atoms with Crippen molar-refractivity contribution in [2.45, 2.75) is 17.1 Å². The molecule has 6 heteroatoms. The molecule has 0 radical (unpaired) electrons. The lowest BCUT2D eigenvalue weighted by atomic mass is 10.2. The van der Waals surface area contributed by atoms with Gasteiger partial charge in [-0.25, -0.2) is 5.43 Å². The number of carbonyl (C=O) groups is 1. The first kappa shape index (κ1) is 18.5. The van der Waals surface area contributed by atoms with E-state index in [0.717, 1.165) is 20.6 Å². The van der Waals surface area contributed by atoms with Crippen LogP contribution in [0.5, 0.6) is 0 Å². The molecule has 1 N–H and O–H groups in total. The summed E-state index contributed by atoms with van der Waals surface area (Å²) in [7, 11) is 3.97. The van der Waals surface area contributed by atoms with Crippen LogP contribution in [-0.2, 0) is 4.79 Å². The quantitative estimate of drug-likeness (QED) is 0.446. The Labute approximate surface area is 155 Å². The van der Waals surface area contributed by atoms with Crippen LogP contribution in [0.15, 0.2) is 63.0 Å². The summed E-state index contributed by atoms with van der Waals surface area (Å²) < 4.78 is 0.982. The molecule has 0 heterocycles. The largest absolute Gasteiger partial charge is 0.377 e. The zero-order valence-corrected chi connectivity index (χ0v) is 16.3. The summed E-state index contributed by atoms with van der Waals surface area (Å²) in [6, 6.07) is 15.8. The Kier molecular flexibility index (Phi) is 6.87. The molecule has 4 nitrogen and oxygen atoms in total. The van der Waals surface area contributed by atoms with Crippen molar-refractivity contribution in [2.75, 3.05) is 19.0 Å². The van der Waals surface area contributed by atoms with Gasteiger partial charge in [0.2, 0.25) is 0 Å². The fourth-order valence-corrected chi connectivity index (χ4v) is 3.62. The third-order valence-electron chi connectivity index (χ3n) is 3.27. The van der Waals surface area contributed by atoms with E-state index in [-0.39, 0.29) is 11.2 Å². The molecule has 1 amide bonds. The highest BCUT2D eigenvalue weighted by Crippen LogP contribution is 2.25. The van der Waals surface area contributed by atoms with Gasteiger partial charge in [0.05, 0.1) is 17.2 Å². The van der Waals surface area contributed by atoms with Crippen molar-refractivity contribution in [1.82, 2.24) is 5.43 Å². The van der Waals surface area contributed by atoms with E-state index in [1.807, 2.05) is 74.4 Å². The van der Waals surface area contributed by atoms with E-state index in [1.165, 1.54) is 11.8 Å². The number of rotatable bonds is 6. The van der Waals surface area contributed by atoms with Gasteiger partial charge < -0.3 is 4.90 Å². The number of amides is 1. The van der Waals surface area contributed by atoms with E-state index in [2.05, 4.69) is 26.5 Å². The summed E-state index contributed by atoms with van der Waals surface area (Å²) in [5.41, 5.74) is 4.59. The minimum atomic E-state index is -0.215. The number of halogens is 1. The Bertz CT molecular complexity index is 719. The molecule has 1 atom stereocenters. The van der Waals surface area contributed by atoms with Crippen LogP contribution >= 0.6 is 27.7 Å². The molecule has 2 aromatic rings. The minimum Gasteiger partial charge on any atom is -0.377 e. The van der Waals surface area contributed by atoms with Gasteiger partial charge in [-0.1, -0.05) is 24.3 Å². The monoisotopic (exact) mass is 405 g/mol. The first-order chi connectivity index (χ1) is 11.5. The molecule has 0 aliphatic carbocycles. The van der Waals surface area contributed by atoms with E-state index in [4.69, 9.17) is 0 Å². The Hall–Kier alpha value is -1.79. The molecule has 0 unspecified atom stereocenters. The number of hydrogen-bond acceptors (Lipinski definition) is 4. The van der Waals surface area contributed by atoms with Crippen LogP contribution in [0, 0.1) is 0 Å². The van der Waals surface area contributed by atoms with E-state index in [1.54, 1.807) is 6.21 Å². The van der Waals surface area contributed by atoms with Gasteiger partial charge in [0.1, 0.15) is 0 Å². The van der Waals surface area contributed by atoms with Gasteiger partial charge >= 0.3 is 0 Å². The molecule has 0 aliphatic heterocycles. The van der Waals surface area contributed by atoms with Crippen LogP contribution in [0.25, 0.3) is 0 Å². The zero-order valence-electron chi connectivity index (χ0n) is 13.9. The Balaban J connectivity index is 1.91. The van der Waals surface area contributed by atoms with Crippen LogP contribution in [0.1, 0.15) is 12.5 Å². The van der Waals surface area contributed by atoms with Gasteiger partial charge in [-0.05, 0) is 52.7 Å². The number of hydrogen-bond donors (Lipinski definition) is 1. The van der Waals surface area contributed by atoms with Crippen LogP contribution in [0.2, 0.25) is 0 Å². The molecule has 0 saturated heterocycles. The standard InChI is InChI=1S/C18H20BrN3OS/c1-13(24-15-7-5-4-6-8-15)18(23)21-20-12-14-9-10-17(22(2)3)16(19)11-14/h4-13H,1-3H3,(H,21,23)/b20-12-/t13-/m1/s1. The molecule has 0 saturated carbocycles. The molecule has 24 heavy (non-hydrogen) atoms. The van der Waals surface area contributed by atoms with Crippen molar-refractivity contribution >= 4 is 45.5 Å². The van der Waals surface area contributed by atoms with Crippen molar-refractivity contribution in [1.29, 1.82) is 0 Å². The maximum atomic E-state index is 12.1. The second kappa shape index (κ2) is 8.89. The maximum Gasteiger partial charge on any atom is 0.253 e. The zero-order chi connectivity index (χ0) is 17.5. The van der Waals surface area contributed by atoms with Crippen LogP contribution in [-0.4, -0.2) is 31.5 Å². The normalized spacial score (nSPS) is 12.2. The van der Waals surface area contributed by atoms with Crippen LogP contribution < -0.4 is 10.3 Å². The Morgan fingerprint density at radius 2 is 1.96 bits per heavy atom. The first-order valence-electron chi connectivity index (χ1n) is 7.49. The average Bonchev–Trinajstić information content (AvgIpc) is 2.55. The van der Waals surface area contributed by atoms with Gasteiger partial charge in [-0.2, -0.15) is 5.10 Å². The molecule has 0 spiro atoms. The van der Waals surface area contributed by atoms with E-state index in [9.17, 15) is 4.79 Å². The number of carbonyl (C=O) groups excluding carboxylic acids is 1. The summed E-state index contributed by atoms with van der Waals surface area (Å²) in [5.74, 6) is -0.121. The van der Waals surface area contributed by atoms with E-state index in [0.29, 0.717) is 0 Å². The smallest absolute Gasteiger partial charge is 0.253 e. The molecule has 126 valence electrons. The van der Waals surface area contributed by atoms with Gasteiger partial charge in [-0.3, -0.25) is 4.79 Å². The summed E-state index contributed by atoms with van der Waals surface area (Å²) in [6.45, 7) is 1.87. The minimum absolute atomic E-state index is 0.121. The van der Waals surface area contributed by atoms with Crippen molar-refractivity contribution in [3.05, 3.63) is 58.6 Å². The summed E-state index contributed by atoms with van der Waals surface area (Å²) in [6.07, 6.45) is 1.64. The second-order valence-corrected chi connectivity index (χ2v) is 7.68. The fraction of sp³-hybridized carbons (Fsp3) is 0.222. The number of anilines is 1. The summed E-state index contributed by atoms with van der Waals surface area (Å²) >= 11 is 5.04. The predicted molar refractivity (Wildman–Crippen MR) is 106 cm³/mol. The summed E-state index contributed by atoms with van der Waals surface area (Å²) in [4.78, 5) is 15.2.